The van der Waals surface area contributed by atoms with E-state index in [-0.39, 0.29) is 5.41 Å². The highest BCUT2D eigenvalue weighted by Gasteiger charge is 2.26. The molecule has 1 saturated carbocycles. The molecule has 68 valence electrons. The maximum atomic E-state index is 11.2. The number of hydrogen-bond donors (Lipinski definition) is 0. The molecule has 1 rings (SSSR count). The Hall–Kier alpha value is -0.660. The summed E-state index contributed by atoms with van der Waals surface area (Å²) in [7, 11) is 0. The van der Waals surface area contributed by atoms with E-state index >= 15 is 0 Å². The largest absolute Gasteiger partial charge is 0.300 e. The second kappa shape index (κ2) is 3.38. The summed E-state index contributed by atoms with van der Waals surface area (Å²) in [5.74, 6) is 0.625. The van der Waals surface area contributed by atoms with Crippen molar-refractivity contribution in [1.29, 1.82) is 0 Å². The lowest BCUT2D eigenvalue weighted by atomic mass is 9.79. The Morgan fingerprint density at radius 3 is 1.83 bits per heavy atom. The average molecular weight is 168 g/mol. The van der Waals surface area contributed by atoms with Gasteiger partial charge in [0.1, 0.15) is 11.6 Å². The van der Waals surface area contributed by atoms with E-state index in [0.29, 0.717) is 37.2 Å². The van der Waals surface area contributed by atoms with Gasteiger partial charge in [0.25, 0.3) is 0 Å². The highest BCUT2D eigenvalue weighted by molar-refractivity contribution is 5.84. The molecule has 0 N–H and O–H groups in total. The average Bonchev–Trinajstić information content (AvgIpc) is 1.81. The van der Waals surface area contributed by atoms with E-state index in [1.807, 2.05) is 13.8 Å². The lowest BCUT2D eigenvalue weighted by Gasteiger charge is -2.24. The fourth-order valence-electron chi connectivity index (χ4n) is 1.79. The van der Waals surface area contributed by atoms with Crippen LogP contribution >= 0.6 is 0 Å². The number of carbonyl (C=O) groups is 2. The Morgan fingerprint density at radius 1 is 1.00 bits per heavy atom. The molecule has 0 heterocycles. The van der Waals surface area contributed by atoms with Crippen LogP contribution in [0.5, 0.6) is 0 Å². The predicted octanol–water partition coefficient (Wildman–Crippen LogP) is 2.11. The van der Waals surface area contributed by atoms with Crippen LogP contribution in [-0.2, 0) is 9.59 Å². The number of ketones is 2. The normalized spacial score (nSPS) is 24.8. The summed E-state index contributed by atoms with van der Waals surface area (Å²) in [6.45, 7) is 3.99. The van der Waals surface area contributed by atoms with Gasteiger partial charge >= 0.3 is 0 Å². The molecule has 1 aliphatic rings. The fourth-order valence-corrected chi connectivity index (χ4v) is 1.79. The van der Waals surface area contributed by atoms with E-state index in [4.69, 9.17) is 0 Å². The molecule has 1 fully saturated rings. The van der Waals surface area contributed by atoms with Gasteiger partial charge in [-0.15, -0.1) is 0 Å². The first-order chi connectivity index (χ1) is 5.49. The molecule has 0 aromatic rings. The summed E-state index contributed by atoms with van der Waals surface area (Å²) < 4.78 is 0. The van der Waals surface area contributed by atoms with Crippen LogP contribution in [-0.4, -0.2) is 11.6 Å². The van der Waals surface area contributed by atoms with Crippen molar-refractivity contribution < 1.29 is 9.59 Å². The van der Waals surface area contributed by atoms with Crippen LogP contribution in [0, 0.1) is 5.41 Å². The first-order valence-electron chi connectivity index (χ1n) is 4.53. The lowest BCUT2D eigenvalue weighted by molar-refractivity contribution is -0.126. The van der Waals surface area contributed by atoms with E-state index in [1.54, 1.807) is 0 Å². The maximum Gasteiger partial charge on any atom is 0.133 e. The van der Waals surface area contributed by atoms with Gasteiger partial charge < -0.3 is 0 Å². The molecule has 0 aliphatic heterocycles. The number of hydrogen-bond acceptors (Lipinski definition) is 2. The zero-order valence-electron chi connectivity index (χ0n) is 7.85. The minimum absolute atomic E-state index is 0.103. The molecule has 0 amide bonds. The van der Waals surface area contributed by atoms with Crippen molar-refractivity contribution in [3.05, 3.63) is 0 Å². The third-order valence-corrected chi connectivity index (χ3v) is 2.26. The van der Waals surface area contributed by atoms with Gasteiger partial charge in [-0.3, -0.25) is 9.59 Å². The second-order valence-corrected chi connectivity index (χ2v) is 4.45. The molecule has 0 unspecified atom stereocenters. The zero-order valence-corrected chi connectivity index (χ0v) is 7.85. The van der Waals surface area contributed by atoms with Crippen molar-refractivity contribution in [1.82, 2.24) is 0 Å². The number of carbonyl (C=O) groups excluding carboxylic acids is 2. The fraction of sp³-hybridized carbons (Fsp3) is 0.800. The second-order valence-electron chi connectivity index (χ2n) is 4.45. The van der Waals surface area contributed by atoms with Gasteiger partial charge in [-0.25, -0.2) is 0 Å². The minimum atomic E-state index is -0.103. The smallest absolute Gasteiger partial charge is 0.133 e. The first kappa shape index (κ1) is 9.43. The third-order valence-electron chi connectivity index (χ3n) is 2.26. The Labute approximate surface area is 73.3 Å². The van der Waals surface area contributed by atoms with Crippen LogP contribution in [0.25, 0.3) is 0 Å². The topological polar surface area (TPSA) is 34.1 Å². The molecule has 0 spiro atoms. The first-order valence-corrected chi connectivity index (χ1v) is 4.53. The van der Waals surface area contributed by atoms with Crippen LogP contribution < -0.4 is 0 Å². The van der Waals surface area contributed by atoms with Crippen LogP contribution in [0.4, 0.5) is 0 Å². The summed E-state index contributed by atoms with van der Waals surface area (Å²) in [6, 6.07) is 0. The summed E-state index contributed by atoms with van der Waals surface area (Å²) in [5, 5.41) is 0. The minimum Gasteiger partial charge on any atom is -0.300 e. The van der Waals surface area contributed by atoms with Crippen LogP contribution in [0.1, 0.15) is 46.0 Å². The van der Waals surface area contributed by atoms with Gasteiger partial charge in [-0.2, -0.15) is 0 Å². The summed E-state index contributed by atoms with van der Waals surface area (Å²) in [4.78, 5) is 22.5. The van der Waals surface area contributed by atoms with Gasteiger partial charge in [0.05, 0.1) is 0 Å². The highest BCUT2D eigenvalue weighted by atomic mass is 16.1. The van der Waals surface area contributed by atoms with E-state index in [1.165, 1.54) is 0 Å². The van der Waals surface area contributed by atoms with Gasteiger partial charge in [-0.1, -0.05) is 13.8 Å². The van der Waals surface area contributed by atoms with Gasteiger partial charge in [-0.05, 0) is 11.8 Å². The Balaban J connectivity index is 2.64. The van der Waals surface area contributed by atoms with Crippen LogP contribution in [0.3, 0.4) is 0 Å². The monoisotopic (exact) mass is 168 g/mol. The molecule has 0 atom stereocenters. The standard InChI is InChI=1S/C10H16O2/c1-10(2)6-8(11)4-3-5-9(12)7-10/h3-7H2,1-2H3. The zero-order chi connectivity index (χ0) is 9.19. The molecule has 2 heteroatoms. The predicted molar refractivity (Wildman–Crippen MR) is 46.9 cm³/mol. The van der Waals surface area contributed by atoms with Crippen LogP contribution in [0.15, 0.2) is 0 Å². The summed E-state index contributed by atoms with van der Waals surface area (Å²) in [6.07, 6.45) is 3.08. The van der Waals surface area contributed by atoms with E-state index in [2.05, 4.69) is 0 Å². The summed E-state index contributed by atoms with van der Waals surface area (Å²) >= 11 is 0. The maximum absolute atomic E-state index is 11.2. The summed E-state index contributed by atoms with van der Waals surface area (Å²) in [5.41, 5.74) is -0.103. The lowest BCUT2D eigenvalue weighted by Crippen LogP contribution is -2.23. The molecule has 0 bridgehead atoms. The molecular formula is C10H16O2. The van der Waals surface area contributed by atoms with Crippen molar-refractivity contribution in [2.75, 3.05) is 0 Å². The van der Waals surface area contributed by atoms with Crippen molar-refractivity contribution in [2.45, 2.75) is 46.0 Å². The Kier molecular flexibility index (Phi) is 2.65. The highest BCUT2D eigenvalue weighted by Crippen LogP contribution is 2.29. The molecular weight excluding hydrogens is 152 g/mol. The SMILES string of the molecule is CC1(C)CC(=O)CCCC(=O)C1. The Morgan fingerprint density at radius 2 is 1.42 bits per heavy atom. The van der Waals surface area contributed by atoms with E-state index < -0.39 is 0 Å². The molecule has 2 nitrogen and oxygen atoms in total. The van der Waals surface area contributed by atoms with Gasteiger partial charge in [0.15, 0.2) is 0 Å². The van der Waals surface area contributed by atoms with Crippen molar-refractivity contribution in [2.24, 2.45) is 5.41 Å². The number of rotatable bonds is 0. The third kappa shape index (κ3) is 2.76. The molecule has 0 saturated heterocycles. The number of Topliss-reactive ketones (excluding diaryl/α,β-unsaturated/α-hetero) is 2. The molecule has 0 aromatic heterocycles. The molecule has 1 aliphatic carbocycles. The Bertz CT molecular complexity index is 184. The quantitative estimate of drug-likeness (QED) is 0.555. The van der Waals surface area contributed by atoms with Gasteiger partial charge in [0, 0.05) is 25.7 Å². The van der Waals surface area contributed by atoms with Crippen molar-refractivity contribution >= 4 is 11.6 Å². The van der Waals surface area contributed by atoms with Crippen LogP contribution in [0.2, 0.25) is 0 Å². The van der Waals surface area contributed by atoms with E-state index in [0.717, 1.165) is 6.42 Å². The molecule has 0 aromatic carbocycles. The molecule has 12 heavy (non-hydrogen) atoms. The molecule has 0 radical (unpaired) electrons. The van der Waals surface area contributed by atoms with Crippen molar-refractivity contribution in [3.8, 4) is 0 Å². The van der Waals surface area contributed by atoms with Gasteiger partial charge in [0.2, 0.25) is 0 Å². The van der Waals surface area contributed by atoms with Crippen molar-refractivity contribution in [3.63, 3.8) is 0 Å². The van der Waals surface area contributed by atoms with E-state index in [9.17, 15) is 9.59 Å².